The van der Waals surface area contributed by atoms with Crippen LogP contribution >= 0.6 is 24.0 Å². The fourth-order valence-corrected chi connectivity index (χ4v) is 4.47. The van der Waals surface area contributed by atoms with E-state index in [2.05, 4.69) is 15.6 Å². The first kappa shape index (κ1) is 21.9. The number of halogens is 1. The number of aromatic nitrogens is 1. The third kappa shape index (κ3) is 5.87. The van der Waals surface area contributed by atoms with Crippen molar-refractivity contribution in [2.24, 2.45) is 16.8 Å². The molecule has 6 nitrogen and oxygen atoms in total. The Bertz CT molecular complexity index is 792. The highest BCUT2D eigenvalue weighted by Crippen LogP contribution is 2.44. The Hall–Kier alpha value is -1.77. The Kier molecular flexibility index (Phi) is 7.80. The lowest BCUT2D eigenvalue weighted by Gasteiger charge is -2.25. The SMILES string of the molecule is CN(C)c1cccc(CN=C(NCCc2ccco2)NC2CC3CCC2C3)n1.I. The number of rotatable bonds is 7. The molecule has 2 aliphatic carbocycles. The molecule has 2 bridgehead atoms. The standard InChI is InChI=1S/C22H31N5O.HI/c1-27(2)21-7-3-5-18(25-21)15-24-22(23-11-10-19-6-4-12-28-19)26-20-14-16-8-9-17(20)13-16;/h3-7,12,16-17,20H,8-11,13-15H2,1-2H3,(H2,23,24,26);1H. The van der Waals surface area contributed by atoms with Gasteiger partial charge in [0.2, 0.25) is 0 Å². The van der Waals surface area contributed by atoms with Crippen LogP contribution in [0.3, 0.4) is 0 Å². The van der Waals surface area contributed by atoms with Crippen LogP contribution in [0.2, 0.25) is 0 Å². The van der Waals surface area contributed by atoms with Crippen molar-refractivity contribution in [2.45, 2.75) is 44.7 Å². The van der Waals surface area contributed by atoms with Gasteiger partial charge in [-0.05, 0) is 55.4 Å². The number of nitrogens with zero attached hydrogens (tertiary/aromatic N) is 3. The summed E-state index contributed by atoms with van der Waals surface area (Å²) in [7, 11) is 4.02. The summed E-state index contributed by atoms with van der Waals surface area (Å²) < 4.78 is 5.44. The molecule has 0 spiro atoms. The van der Waals surface area contributed by atoms with E-state index >= 15 is 0 Å². The number of guanidine groups is 1. The smallest absolute Gasteiger partial charge is 0.191 e. The molecule has 2 aromatic rings. The first-order valence-electron chi connectivity index (χ1n) is 10.4. The fraction of sp³-hybridized carbons (Fsp3) is 0.545. The van der Waals surface area contributed by atoms with E-state index in [-0.39, 0.29) is 24.0 Å². The summed E-state index contributed by atoms with van der Waals surface area (Å²) in [6.45, 7) is 1.36. The molecule has 2 aliphatic rings. The van der Waals surface area contributed by atoms with Crippen LogP contribution in [0.1, 0.15) is 37.1 Å². The van der Waals surface area contributed by atoms with Crippen molar-refractivity contribution in [3.8, 4) is 0 Å². The van der Waals surface area contributed by atoms with Crippen molar-refractivity contribution in [1.29, 1.82) is 0 Å². The minimum Gasteiger partial charge on any atom is -0.469 e. The van der Waals surface area contributed by atoms with Crippen molar-refractivity contribution >= 4 is 35.8 Å². The predicted octanol–water partition coefficient (Wildman–Crippen LogP) is 3.83. The molecule has 4 rings (SSSR count). The van der Waals surface area contributed by atoms with Crippen LogP contribution in [0.5, 0.6) is 0 Å². The van der Waals surface area contributed by atoms with Crippen molar-refractivity contribution in [3.63, 3.8) is 0 Å². The molecule has 2 N–H and O–H groups in total. The Labute approximate surface area is 190 Å². The highest BCUT2D eigenvalue weighted by atomic mass is 127. The van der Waals surface area contributed by atoms with Gasteiger partial charge in [0.1, 0.15) is 11.6 Å². The van der Waals surface area contributed by atoms with Crippen molar-refractivity contribution in [3.05, 3.63) is 48.0 Å². The molecule has 29 heavy (non-hydrogen) atoms. The van der Waals surface area contributed by atoms with E-state index in [1.54, 1.807) is 6.26 Å². The largest absolute Gasteiger partial charge is 0.469 e. The van der Waals surface area contributed by atoms with E-state index in [0.717, 1.165) is 48.0 Å². The van der Waals surface area contributed by atoms with Gasteiger partial charge in [0, 0.05) is 33.1 Å². The molecular formula is C22H32IN5O. The molecule has 3 unspecified atom stereocenters. The number of aliphatic imine (C=N–C) groups is 1. The van der Waals surface area contributed by atoms with Crippen molar-refractivity contribution < 1.29 is 4.42 Å². The normalized spacial score (nSPS) is 23.0. The average Bonchev–Trinajstić information content (AvgIpc) is 3.44. The molecular weight excluding hydrogens is 477 g/mol. The monoisotopic (exact) mass is 509 g/mol. The Balaban J connectivity index is 0.00000240. The first-order chi connectivity index (χ1) is 13.7. The van der Waals surface area contributed by atoms with Gasteiger partial charge < -0.3 is 20.0 Å². The summed E-state index contributed by atoms with van der Waals surface area (Å²) in [5.41, 5.74) is 0.978. The van der Waals surface area contributed by atoms with Gasteiger partial charge in [0.25, 0.3) is 0 Å². The molecule has 0 amide bonds. The van der Waals surface area contributed by atoms with Crippen LogP contribution in [0.25, 0.3) is 0 Å². The van der Waals surface area contributed by atoms with E-state index in [4.69, 9.17) is 9.41 Å². The average molecular weight is 509 g/mol. The van der Waals surface area contributed by atoms with E-state index in [1.807, 2.05) is 49.3 Å². The van der Waals surface area contributed by atoms with Crippen LogP contribution in [0.15, 0.2) is 46.0 Å². The molecule has 2 fully saturated rings. The Morgan fingerprint density at radius 3 is 2.79 bits per heavy atom. The third-order valence-corrected chi connectivity index (χ3v) is 5.95. The summed E-state index contributed by atoms with van der Waals surface area (Å²) in [5, 5.41) is 7.20. The number of furan rings is 1. The van der Waals surface area contributed by atoms with Gasteiger partial charge in [0.05, 0.1) is 18.5 Å². The number of nitrogens with one attached hydrogen (secondary N) is 2. The number of anilines is 1. The molecule has 0 aliphatic heterocycles. The van der Waals surface area contributed by atoms with E-state index in [0.29, 0.717) is 12.6 Å². The van der Waals surface area contributed by atoms with Gasteiger partial charge in [-0.15, -0.1) is 24.0 Å². The van der Waals surface area contributed by atoms with Crippen LogP contribution in [0, 0.1) is 11.8 Å². The highest BCUT2D eigenvalue weighted by molar-refractivity contribution is 14.0. The first-order valence-corrected chi connectivity index (χ1v) is 10.4. The maximum absolute atomic E-state index is 5.44. The molecule has 2 saturated carbocycles. The maximum Gasteiger partial charge on any atom is 0.191 e. The zero-order valence-corrected chi connectivity index (χ0v) is 19.6. The third-order valence-electron chi connectivity index (χ3n) is 5.95. The van der Waals surface area contributed by atoms with Crippen LogP contribution in [0.4, 0.5) is 5.82 Å². The Morgan fingerprint density at radius 2 is 2.10 bits per heavy atom. The minimum atomic E-state index is 0. The van der Waals surface area contributed by atoms with Crippen molar-refractivity contribution in [2.75, 3.05) is 25.5 Å². The number of hydrogen-bond acceptors (Lipinski definition) is 4. The minimum absolute atomic E-state index is 0. The topological polar surface area (TPSA) is 65.7 Å². The Morgan fingerprint density at radius 1 is 1.21 bits per heavy atom. The lowest BCUT2D eigenvalue weighted by atomic mass is 9.95. The maximum atomic E-state index is 5.44. The van der Waals surface area contributed by atoms with Gasteiger partial charge in [-0.3, -0.25) is 0 Å². The molecule has 3 atom stereocenters. The summed E-state index contributed by atoms with van der Waals surface area (Å²) in [6, 6.07) is 10.6. The van der Waals surface area contributed by atoms with E-state index < -0.39 is 0 Å². The highest BCUT2D eigenvalue weighted by Gasteiger charge is 2.39. The van der Waals surface area contributed by atoms with Gasteiger partial charge in [0.15, 0.2) is 5.96 Å². The summed E-state index contributed by atoms with van der Waals surface area (Å²) in [4.78, 5) is 11.5. The van der Waals surface area contributed by atoms with E-state index in [9.17, 15) is 0 Å². The van der Waals surface area contributed by atoms with E-state index in [1.165, 1.54) is 25.7 Å². The van der Waals surface area contributed by atoms with Crippen LogP contribution in [-0.4, -0.2) is 37.6 Å². The van der Waals surface area contributed by atoms with Gasteiger partial charge >= 0.3 is 0 Å². The zero-order chi connectivity index (χ0) is 19.3. The summed E-state index contributed by atoms with van der Waals surface area (Å²) >= 11 is 0. The molecule has 2 heterocycles. The molecule has 0 saturated heterocycles. The van der Waals surface area contributed by atoms with Crippen molar-refractivity contribution in [1.82, 2.24) is 15.6 Å². The lowest BCUT2D eigenvalue weighted by molar-refractivity contribution is 0.387. The fourth-order valence-electron chi connectivity index (χ4n) is 4.47. The second-order valence-corrected chi connectivity index (χ2v) is 8.23. The van der Waals surface area contributed by atoms with Gasteiger partial charge in [-0.1, -0.05) is 12.5 Å². The second-order valence-electron chi connectivity index (χ2n) is 8.23. The quantitative estimate of drug-likeness (QED) is 0.338. The van der Waals surface area contributed by atoms with Gasteiger partial charge in [-0.25, -0.2) is 9.98 Å². The van der Waals surface area contributed by atoms with Gasteiger partial charge in [-0.2, -0.15) is 0 Å². The molecule has 2 aromatic heterocycles. The summed E-state index contributed by atoms with van der Waals surface area (Å²) in [6.07, 6.45) is 7.98. The second kappa shape index (κ2) is 10.3. The predicted molar refractivity (Wildman–Crippen MR) is 128 cm³/mol. The molecule has 0 radical (unpaired) electrons. The lowest BCUT2D eigenvalue weighted by Crippen LogP contribution is -2.46. The molecule has 0 aromatic carbocycles. The molecule has 158 valence electrons. The number of hydrogen-bond donors (Lipinski definition) is 2. The molecule has 7 heteroatoms. The number of pyridine rings is 1. The number of fused-ring (bicyclic) bond motifs is 2. The summed E-state index contributed by atoms with van der Waals surface area (Å²) in [5.74, 6) is 4.55. The van der Waals surface area contributed by atoms with Crippen LogP contribution < -0.4 is 15.5 Å². The zero-order valence-electron chi connectivity index (χ0n) is 17.3. The van der Waals surface area contributed by atoms with Crippen LogP contribution in [-0.2, 0) is 13.0 Å².